The highest BCUT2D eigenvalue weighted by Crippen LogP contribution is 2.31. The summed E-state index contributed by atoms with van der Waals surface area (Å²) in [5.74, 6) is 0. The molecule has 1 saturated heterocycles. The fourth-order valence-electron chi connectivity index (χ4n) is 2.79. The van der Waals surface area contributed by atoms with E-state index in [0.29, 0.717) is 16.1 Å². The van der Waals surface area contributed by atoms with Crippen LogP contribution in [0.25, 0.3) is 0 Å². The SMILES string of the molecule is CCC1CN(CCC(NC)c2cccc(Cl)c2Cl)CCO1. The molecule has 1 aliphatic heterocycles. The summed E-state index contributed by atoms with van der Waals surface area (Å²) < 4.78 is 5.71. The van der Waals surface area contributed by atoms with E-state index in [2.05, 4.69) is 17.1 Å². The zero-order valence-electron chi connectivity index (χ0n) is 12.7. The third-order valence-electron chi connectivity index (χ3n) is 4.12. The van der Waals surface area contributed by atoms with E-state index in [1.54, 1.807) is 0 Å². The van der Waals surface area contributed by atoms with Crippen molar-refractivity contribution < 1.29 is 4.74 Å². The summed E-state index contributed by atoms with van der Waals surface area (Å²) in [6.07, 6.45) is 2.46. The van der Waals surface area contributed by atoms with Crippen LogP contribution >= 0.6 is 23.2 Å². The Bertz CT molecular complexity index is 456. The topological polar surface area (TPSA) is 24.5 Å². The Morgan fingerprint density at radius 3 is 2.95 bits per heavy atom. The van der Waals surface area contributed by atoms with Crippen molar-refractivity contribution in [3.05, 3.63) is 33.8 Å². The summed E-state index contributed by atoms with van der Waals surface area (Å²) in [6, 6.07) is 6.05. The number of nitrogens with one attached hydrogen (secondary N) is 1. The number of morpholine rings is 1. The van der Waals surface area contributed by atoms with Crippen LogP contribution in [0.5, 0.6) is 0 Å². The lowest BCUT2D eigenvalue weighted by atomic mass is 10.0. The molecule has 2 rings (SSSR count). The average Bonchev–Trinajstić information content (AvgIpc) is 2.52. The molecule has 0 spiro atoms. The second-order valence-corrected chi connectivity index (χ2v) is 6.26. The van der Waals surface area contributed by atoms with Gasteiger partial charge in [0.15, 0.2) is 0 Å². The van der Waals surface area contributed by atoms with Gasteiger partial charge in [0.25, 0.3) is 0 Å². The second-order valence-electron chi connectivity index (χ2n) is 5.47. The van der Waals surface area contributed by atoms with Gasteiger partial charge in [-0.05, 0) is 31.5 Å². The Kier molecular flexibility index (Phi) is 6.77. The maximum Gasteiger partial charge on any atom is 0.0700 e. The number of ether oxygens (including phenoxy) is 1. The van der Waals surface area contributed by atoms with Gasteiger partial charge in [0.05, 0.1) is 22.8 Å². The van der Waals surface area contributed by atoms with E-state index >= 15 is 0 Å². The van der Waals surface area contributed by atoms with E-state index < -0.39 is 0 Å². The number of rotatable bonds is 6. The minimum atomic E-state index is 0.221. The predicted molar refractivity (Wildman–Crippen MR) is 89.4 cm³/mol. The lowest BCUT2D eigenvalue weighted by Gasteiger charge is -2.33. The van der Waals surface area contributed by atoms with E-state index in [9.17, 15) is 0 Å². The number of hydrogen-bond acceptors (Lipinski definition) is 3. The van der Waals surface area contributed by atoms with Crippen LogP contribution in [0.2, 0.25) is 10.0 Å². The van der Waals surface area contributed by atoms with Crippen LogP contribution in [0.1, 0.15) is 31.4 Å². The van der Waals surface area contributed by atoms with Crippen molar-refractivity contribution in [2.75, 3.05) is 33.3 Å². The fourth-order valence-corrected chi connectivity index (χ4v) is 3.23. The molecule has 0 bridgehead atoms. The first-order valence-corrected chi connectivity index (χ1v) is 8.36. The molecule has 3 nitrogen and oxygen atoms in total. The average molecular weight is 331 g/mol. The Morgan fingerprint density at radius 2 is 2.24 bits per heavy atom. The molecular formula is C16H24Cl2N2O. The van der Waals surface area contributed by atoms with Gasteiger partial charge in [0.2, 0.25) is 0 Å². The maximum absolute atomic E-state index is 6.33. The van der Waals surface area contributed by atoms with Gasteiger partial charge in [-0.2, -0.15) is 0 Å². The molecule has 0 amide bonds. The first-order valence-electron chi connectivity index (χ1n) is 7.60. The van der Waals surface area contributed by atoms with Crippen LogP contribution in [-0.4, -0.2) is 44.3 Å². The number of halogens is 2. The molecule has 2 atom stereocenters. The molecule has 21 heavy (non-hydrogen) atoms. The van der Waals surface area contributed by atoms with Gasteiger partial charge in [-0.25, -0.2) is 0 Å². The first-order chi connectivity index (χ1) is 10.2. The Morgan fingerprint density at radius 1 is 1.43 bits per heavy atom. The lowest BCUT2D eigenvalue weighted by Crippen LogP contribution is -2.43. The molecule has 1 aromatic rings. The molecule has 0 aliphatic carbocycles. The predicted octanol–water partition coefficient (Wildman–Crippen LogP) is 3.75. The largest absolute Gasteiger partial charge is 0.376 e. The van der Waals surface area contributed by atoms with Crippen LogP contribution in [-0.2, 0) is 4.74 Å². The van der Waals surface area contributed by atoms with E-state index in [1.165, 1.54) is 0 Å². The number of hydrogen-bond donors (Lipinski definition) is 1. The van der Waals surface area contributed by atoms with Crippen LogP contribution in [0.15, 0.2) is 18.2 Å². The van der Waals surface area contributed by atoms with Crippen LogP contribution < -0.4 is 5.32 Å². The standard InChI is InChI=1S/C16H24Cl2N2O/c1-3-12-11-20(9-10-21-12)8-7-15(19-2)13-5-4-6-14(17)16(13)18/h4-6,12,15,19H,3,7-11H2,1-2H3. The molecule has 1 aromatic carbocycles. The van der Waals surface area contributed by atoms with E-state index in [1.807, 2.05) is 25.2 Å². The third-order valence-corrected chi connectivity index (χ3v) is 4.95. The van der Waals surface area contributed by atoms with Gasteiger partial charge in [-0.3, -0.25) is 4.90 Å². The Labute approximate surface area is 137 Å². The van der Waals surface area contributed by atoms with Crippen molar-refractivity contribution in [2.45, 2.75) is 31.9 Å². The molecule has 1 fully saturated rings. The minimum absolute atomic E-state index is 0.221. The summed E-state index contributed by atoms with van der Waals surface area (Å²) in [7, 11) is 1.97. The lowest BCUT2D eigenvalue weighted by molar-refractivity contribution is -0.0304. The van der Waals surface area contributed by atoms with E-state index in [0.717, 1.165) is 44.6 Å². The van der Waals surface area contributed by atoms with Crippen molar-refractivity contribution in [2.24, 2.45) is 0 Å². The smallest absolute Gasteiger partial charge is 0.0700 e. The van der Waals surface area contributed by atoms with Crippen LogP contribution in [0.3, 0.4) is 0 Å². The molecule has 2 unspecified atom stereocenters. The summed E-state index contributed by atoms with van der Waals surface area (Å²) in [4.78, 5) is 2.47. The fraction of sp³-hybridized carbons (Fsp3) is 0.625. The van der Waals surface area contributed by atoms with Gasteiger partial charge in [0, 0.05) is 25.7 Å². The highest BCUT2D eigenvalue weighted by Gasteiger charge is 2.21. The zero-order chi connectivity index (χ0) is 15.2. The first kappa shape index (κ1) is 17.0. The summed E-state index contributed by atoms with van der Waals surface area (Å²) in [5, 5.41) is 4.63. The summed E-state index contributed by atoms with van der Waals surface area (Å²) >= 11 is 12.4. The van der Waals surface area contributed by atoms with Gasteiger partial charge in [-0.1, -0.05) is 42.3 Å². The van der Waals surface area contributed by atoms with Crippen molar-refractivity contribution in [3.63, 3.8) is 0 Å². The molecule has 0 saturated carbocycles. The Hall–Kier alpha value is -0.320. The van der Waals surface area contributed by atoms with Crippen molar-refractivity contribution >= 4 is 23.2 Å². The Balaban J connectivity index is 1.95. The number of nitrogens with zero attached hydrogens (tertiary/aromatic N) is 1. The monoisotopic (exact) mass is 330 g/mol. The molecule has 1 aliphatic rings. The third kappa shape index (κ3) is 4.57. The van der Waals surface area contributed by atoms with Crippen molar-refractivity contribution in [1.82, 2.24) is 10.2 Å². The number of benzene rings is 1. The second kappa shape index (κ2) is 8.35. The zero-order valence-corrected chi connectivity index (χ0v) is 14.3. The molecule has 1 N–H and O–H groups in total. The van der Waals surface area contributed by atoms with Gasteiger partial charge in [0.1, 0.15) is 0 Å². The molecule has 118 valence electrons. The molecule has 1 heterocycles. The quantitative estimate of drug-likeness (QED) is 0.859. The maximum atomic E-state index is 6.33. The molecular weight excluding hydrogens is 307 g/mol. The molecule has 5 heteroatoms. The van der Waals surface area contributed by atoms with Crippen LogP contribution in [0, 0.1) is 0 Å². The van der Waals surface area contributed by atoms with E-state index in [4.69, 9.17) is 27.9 Å². The van der Waals surface area contributed by atoms with Gasteiger partial charge >= 0.3 is 0 Å². The highest BCUT2D eigenvalue weighted by molar-refractivity contribution is 6.42. The van der Waals surface area contributed by atoms with Crippen molar-refractivity contribution in [1.29, 1.82) is 0 Å². The van der Waals surface area contributed by atoms with Crippen molar-refractivity contribution in [3.8, 4) is 0 Å². The molecule has 0 radical (unpaired) electrons. The summed E-state index contributed by atoms with van der Waals surface area (Å²) in [6.45, 7) is 6.08. The normalized spacial score (nSPS) is 21.4. The summed E-state index contributed by atoms with van der Waals surface area (Å²) in [5.41, 5.74) is 1.08. The van der Waals surface area contributed by atoms with Gasteiger partial charge in [-0.15, -0.1) is 0 Å². The van der Waals surface area contributed by atoms with Gasteiger partial charge < -0.3 is 10.1 Å². The van der Waals surface area contributed by atoms with E-state index in [-0.39, 0.29) is 6.04 Å². The van der Waals surface area contributed by atoms with Crippen LogP contribution in [0.4, 0.5) is 0 Å². The highest BCUT2D eigenvalue weighted by atomic mass is 35.5. The molecule has 0 aromatic heterocycles. The minimum Gasteiger partial charge on any atom is -0.376 e.